The van der Waals surface area contributed by atoms with Gasteiger partial charge in [0.2, 0.25) is 0 Å². The highest BCUT2D eigenvalue weighted by atomic mass is 32.1. The van der Waals surface area contributed by atoms with Gasteiger partial charge in [-0.1, -0.05) is 31.3 Å². The Hall–Kier alpha value is -1.09. The topological polar surface area (TPSA) is 24.9 Å². The van der Waals surface area contributed by atoms with Crippen LogP contribution >= 0.6 is 11.3 Å². The van der Waals surface area contributed by atoms with Crippen LogP contribution in [-0.4, -0.2) is 11.0 Å². The third-order valence-corrected chi connectivity index (χ3v) is 5.44. The van der Waals surface area contributed by atoms with E-state index >= 15 is 0 Å². The fourth-order valence-corrected chi connectivity index (χ4v) is 3.88. The minimum absolute atomic E-state index is 0.604. The molecule has 1 aromatic heterocycles. The van der Waals surface area contributed by atoms with E-state index in [0.717, 1.165) is 22.5 Å². The van der Waals surface area contributed by atoms with Crippen molar-refractivity contribution in [1.82, 2.24) is 4.98 Å². The van der Waals surface area contributed by atoms with Gasteiger partial charge in [-0.2, -0.15) is 0 Å². The van der Waals surface area contributed by atoms with Gasteiger partial charge < -0.3 is 5.32 Å². The molecule has 1 N–H and O–H groups in total. The van der Waals surface area contributed by atoms with Gasteiger partial charge in [0.15, 0.2) is 5.13 Å². The molecule has 1 fully saturated rings. The summed E-state index contributed by atoms with van der Waals surface area (Å²) in [5, 5.41) is 4.74. The van der Waals surface area contributed by atoms with Crippen molar-refractivity contribution in [3.05, 3.63) is 23.8 Å². The first kappa shape index (κ1) is 12.9. The van der Waals surface area contributed by atoms with Gasteiger partial charge in [0.1, 0.15) is 0 Å². The summed E-state index contributed by atoms with van der Waals surface area (Å²) in [5.74, 6) is 1.69. The lowest BCUT2D eigenvalue weighted by atomic mass is 9.79. The summed E-state index contributed by atoms with van der Waals surface area (Å²) in [6.07, 6.45) is 3.89. The lowest BCUT2D eigenvalue weighted by Crippen LogP contribution is -2.30. The van der Waals surface area contributed by atoms with Crippen LogP contribution in [0.1, 0.15) is 38.7 Å². The quantitative estimate of drug-likeness (QED) is 0.847. The van der Waals surface area contributed by atoms with Crippen molar-refractivity contribution >= 4 is 26.7 Å². The van der Waals surface area contributed by atoms with Crippen molar-refractivity contribution < 1.29 is 0 Å². The normalized spacial score (nSPS) is 27.6. The molecule has 2 aromatic rings. The van der Waals surface area contributed by atoms with Crippen molar-refractivity contribution in [2.24, 2.45) is 11.8 Å². The number of fused-ring (bicyclic) bond motifs is 1. The third kappa shape index (κ3) is 2.76. The molecule has 0 aliphatic heterocycles. The largest absolute Gasteiger partial charge is 0.359 e. The van der Waals surface area contributed by atoms with Crippen LogP contribution in [0.2, 0.25) is 0 Å². The number of aryl methyl sites for hydroxylation is 1. The fraction of sp³-hybridized carbons (Fsp3) is 0.562. The molecule has 3 heteroatoms. The van der Waals surface area contributed by atoms with E-state index in [1.165, 1.54) is 29.5 Å². The standard InChI is InChI=1S/C16H22N2S/c1-10-4-7-15-14(8-10)18-16(19-15)17-13-6-5-11(2)12(3)9-13/h4,7-8,11-13H,5-6,9H2,1-3H3,(H,17,18). The van der Waals surface area contributed by atoms with Crippen LogP contribution in [0, 0.1) is 18.8 Å². The Labute approximate surface area is 119 Å². The Morgan fingerprint density at radius 1 is 1.21 bits per heavy atom. The number of hydrogen-bond donors (Lipinski definition) is 1. The van der Waals surface area contributed by atoms with E-state index in [1.54, 1.807) is 11.3 Å². The van der Waals surface area contributed by atoms with Crippen LogP contribution in [0.25, 0.3) is 10.2 Å². The first-order valence-electron chi connectivity index (χ1n) is 7.25. The first-order chi connectivity index (χ1) is 9.11. The fourth-order valence-electron chi connectivity index (χ4n) is 2.95. The molecule has 0 spiro atoms. The molecule has 0 radical (unpaired) electrons. The van der Waals surface area contributed by atoms with E-state index in [4.69, 9.17) is 4.98 Å². The highest BCUT2D eigenvalue weighted by molar-refractivity contribution is 7.22. The number of benzene rings is 1. The molecule has 102 valence electrons. The monoisotopic (exact) mass is 274 g/mol. The minimum Gasteiger partial charge on any atom is -0.359 e. The van der Waals surface area contributed by atoms with Gasteiger partial charge >= 0.3 is 0 Å². The zero-order valence-electron chi connectivity index (χ0n) is 11.9. The van der Waals surface area contributed by atoms with Crippen LogP contribution in [-0.2, 0) is 0 Å². The lowest BCUT2D eigenvalue weighted by molar-refractivity contribution is 0.261. The summed E-state index contributed by atoms with van der Waals surface area (Å²) in [7, 11) is 0. The SMILES string of the molecule is Cc1ccc2sc(NC3CCC(C)C(C)C3)nc2c1. The molecule has 19 heavy (non-hydrogen) atoms. The molecule has 1 saturated carbocycles. The van der Waals surface area contributed by atoms with E-state index in [2.05, 4.69) is 44.3 Å². The number of thiazole rings is 1. The van der Waals surface area contributed by atoms with Crippen molar-refractivity contribution in [2.45, 2.75) is 46.1 Å². The molecule has 2 nitrogen and oxygen atoms in total. The Bertz CT molecular complexity index is 575. The summed E-state index contributed by atoms with van der Waals surface area (Å²) in [5.41, 5.74) is 2.41. The van der Waals surface area contributed by atoms with Crippen LogP contribution in [0.5, 0.6) is 0 Å². The Kier molecular flexibility index (Phi) is 3.48. The molecule has 3 atom stereocenters. The van der Waals surface area contributed by atoms with Gasteiger partial charge in [-0.15, -0.1) is 0 Å². The van der Waals surface area contributed by atoms with Crippen LogP contribution < -0.4 is 5.32 Å². The molecule has 0 saturated heterocycles. The minimum atomic E-state index is 0.604. The van der Waals surface area contributed by atoms with E-state index < -0.39 is 0 Å². The van der Waals surface area contributed by atoms with Crippen molar-refractivity contribution in [3.63, 3.8) is 0 Å². The van der Waals surface area contributed by atoms with Gasteiger partial charge in [0.05, 0.1) is 10.2 Å². The van der Waals surface area contributed by atoms with E-state index in [0.29, 0.717) is 6.04 Å². The van der Waals surface area contributed by atoms with Crippen molar-refractivity contribution in [3.8, 4) is 0 Å². The lowest BCUT2D eigenvalue weighted by Gasteiger charge is -2.32. The third-order valence-electron chi connectivity index (χ3n) is 4.47. The van der Waals surface area contributed by atoms with E-state index in [1.807, 2.05) is 0 Å². The average molecular weight is 274 g/mol. The number of anilines is 1. The zero-order valence-corrected chi connectivity index (χ0v) is 12.8. The maximum Gasteiger partial charge on any atom is 0.184 e. The molecule has 0 bridgehead atoms. The van der Waals surface area contributed by atoms with Crippen molar-refractivity contribution in [2.75, 3.05) is 5.32 Å². The summed E-state index contributed by atoms with van der Waals surface area (Å²) in [4.78, 5) is 4.72. The second-order valence-corrected chi connectivity index (χ2v) is 7.13. The van der Waals surface area contributed by atoms with E-state index in [9.17, 15) is 0 Å². The second kappa shape index (κ2) is 5.12. The van der Waals surface area contributed by atoms with Crippen LogP contribution in [0.4, 0.5) is 5.13 Å². The molecule has 0 amide bonds. The van der Waals surface area contributed by atoms with Gasteiger partial charge in [0, 0.05) is 6.04 Å². The van der Waals surface area contributed by atoms with Crippen LogP contribution in [0.15, 0.2) is 18.2 Å². The van der Waals surface area contributed by atoms with Crippen LogP contribution in [0.3, 0.4) is 0 Å². The predicted molar refractivity (Wildman–Crippen MR) is 83.9 cm³/mol. The molecule has 1 heterocycles. The number of nitrogens with zero attached hydrogens (tertiary/aromatic N) is 1. The number of aromatic nitrogens is 1. The smallest absolute Gasteiger partial charge is 0.184 e. The summed E-state index contributed by atoms with van der Waals surface area (Å²) >= 11 is 1.78. The molecule has 1 aliphatic carbocycles. The number of hydrogen-bond acceptors (Lipinski definition) is 3. The molecule has 1 aliphatic rings. The highest BCUT2D eigenvalue weighted by Gasteiger charge is 2.24. The Balaban J connectivity index is 1.74. The molecular weight excluding hydrogens is 252 g/mol. The highest BCUT2D eigenvalue weighted by Crippen LogP contribution is 2.33. The Morgan fingerprint density at radius 3 is 2.84 bits per heavy atom. The summed E-state index contributed by atoms with van der Waals surface area (Å²) in [6.45, 7) is 6.87. The summed E-state index contributed by atoms with van der Waals surface area (Å²) < 4.78 is 1.28. The van der Waals surface area contributed by atoms with Gasteiger partial charge in [-0.05, 0) is 55.7 Å². The van der Waals surface area contributed by atoms with Gasteiger partial charge in [0.25, 0.3) is 0 Å². The predicted octanol–water partition coefficient (Wildman–Crippen LogP) is 4.84. The van der Waals surface area contributed by atoms with Gasteiger partial charge in [-0.3, -0.25) is 0 Å². The Morgan fingerprint density at radius 2 is 2.05 bits per heavy atom. The molecule has 1 aromatic carbocycles. The van der Waals surface area contributed by atoms with Gasteiger partial charge in [-0.25, -0.2) is 4.98 Å². The number of nitrogens with one attached hydrogen (secondary N) is 1. The first-order valence-corrected chi connectivity index (χ1v) is 8.07. The van der Waals surface area contributed by atoms with Crippen molar-refractivity contribution in [1.29, 1.82) is 0 Å². The maximum absolute atomic E-state index is 4.72. The number of rotatable bonds is 2. The molecular formula is C16H22N2S. The zero-order chi connectivity index (χ0) is 13.4. The summed E-state index contributed by atoms with van der Waals surface area (Å²) in [6, 6.07) is 7.11. The molecule has 3 rings (SSSR count). The second-order valence-electron chi connectivity index (χ2n) is 6.10. The average Bonchev–Trinajstić information content (AvgIpc) is 2.75. The molecule has 3 unspecified atom stereocenters. The maximum atomic E-state index is 4.72. The van der Waals surface area contributed by atoms with E-state index in [-0.39, 0.29) is 0 Å².